The van der Waals surface area contributed by atoms with E-state index in [-0.39, 0.29) is 5.78 Å². The topological polar surface area (TPSA) is 26.3 Å². The van der Waals surface area contributed by atoms with Crippen LogP contribution in [-0.4, -0.2) is 12.9 Å². The first-order valence-corrected chi connectivity index (χ1v) is 3.59. The predicted molar refractivity (Wildman–Crippen MR) is 43.1 cm³/mol. The van der Waals surface area contributed by atoms with Gasteiger partial charge in [-0.3, -0.25) is 4.79 Å². The van der Waals surface area contributed by atoms with Crippen molar-refractivity contribution in [3.63, 3.8) is 0 Å². The van der Waals surface area contributed by atoms with E-state index in [9.17, 15) is 4.79 Å². The Morgan fingerprint density at radius 2 is 2.09 bits per heavy atom. The quantitative estimate of drug-likeness (QED) is 0.423. The Kier molecular flexibility index (Phi) is 2.13. The van der Waals surface area contributed by atoms with Gasteiger partial charge in [0.25, 0.3) is 0 Å². The molecule has 0 aromatic rings. The van der Waals surface area contributed by atoms with Crippen LogP contribution >= 0.6 is 0 Å². The number of ketones is 1. The summed E-state index contributed by atoms with van der Waals surface area (Å²) in [6.07, 6.45) is 2.28. The zero-order chi connectivity index (χ0) is 8.43. The van der Waals surface area contributed by atoms with E-state index >= 15 is 0 Å². The molecule has 0 aromatic carbocycles. The Labute approximate surface area is 66.5 Å². The number of rotatable bonds is 1. The van der Waals surface area contributed by atoms with E-state index in [4.69, 9.17) is 4.74 Å². The van der Waals surface area contributed by atoms with E-state index in [1.807, 2.05) is 13.8 Å². The fourth-order valence-corrected chi connectivity index (χ4v) is 1.17. The van der Waals surface area contributed by atoms with Crippen LogP contribution in [0.2, 0.25) is 0 Å². The minimum absolute atomic E-state index is 0.129. The molecule has 11 heavy (non-hydrogen) atoms. The Hall–Kier alpha value is -1.05. The van der Waals surface area contributed by atoms with Crippen LogP contribution in [0.4, 0.5) is 0 Å². The van der Waals surface area contributed by atoms with E-state index < -0.39 is 0 Å². The van der Waals surface area contributed by atoms with Gasteiger partial charge in [-0.05, 0) is 19.4 Å². The van der Waals surface area contributed by atoms with Gasteiger partial charge < -0.3 is 4.74 Å². The first-order chi connectivity index (χ1) is 5.16. The van der Waals surface area contributed by atoms with Crippen molar-refractivity contribution in [1.29, 1.82) is 0 Å². The Balaban J connectivity index is 2.87. The molecule has 0 amide bonds. The molecule has 0 radical (unpaired) electrons. The zero-order valence-electron chi connectivity index (χ0n) is 7.10. The van der Waals surface area contributed by atoms with Crippen LogP contribution in [0, 0.1) is 0 Å². The van der Waals surface area contributed by atoms with Crippen molar-refractivity contribution in [1.82, 2.24) is 0 Å². The lowest BCUT2D eigenvalue weighted by Gasteiger charge is -1.93. The normalized spacial score (nSPS) is 21.7. The number of methoxy groups -OCH3 is 1. The molecule has 0 heterocycles. The largest absolute Gasteiger partial charge is 0.504 e. The average Bonchev–Trinajstić information content (AvgIpc) is 2.19. The van der Waals surface area contributed by atoms with Crippen LogP contribution in [0.5, 0.6) is 0 Å². The number of allylic oxidation sites excluding steroid dienone is 3. The predicted octanol–water partition coefficient (Wildman–Crippen LogP) is 1.83. The highest BCUT2D eigenvalue weighted by atomic mass is 16.5. The SMILES string of the molecule is CO/C=C1\CC(C)=C(C)C1=O. The first kappa shape index (κ1) is 8.05. The van der Waals surface area contributed by atoms with Gasteiger partial charge in [-0.2, -0.15) is 0 Å². The smallest absolute Gasteiger partial charge is 0.188 e. The lowest BCUT2D eigenvalue weighted by molar-refractivity contribution is -0.112. The number of Topliss-reactive ketones (excluding diaryl/α,β-unsaturated/α-hetero) is 1. The highest BCUT2D eigenvalue weighted by Crippen LogP contribution is 2.26. The summed E-state index contributed by atoms with van der Waals surface area (Å²) in [5.74, 6) is 0.129. The monoisotopic (exact) mass is 152 g/mol. The molecular formula is C9H12O2. The molecule has 1 aliphatic rings. The Morgan fingerprint density at radius 1 is 1.45 bits per heavy atom. The van der Waals surface area contributed by atoms with E-state index in [1.54, 1.807) is 7.11 Å². The maximum absolute atomic E-state index is 11.3. The molecule has 0 fully saturated rings. The van der Waals surface area contributed by atoms with E-state index in [0.29, 0.717) is 0 Å². The third-order valence-electron chi connectivity index (χ3n) is 1.99. The zero-order valence-corrected chi connectivity index (χ0v) is 7.10. The maximum atomic E-state index is 11.3. The van der Waals surface area contributed by atoms with Crippen molar-refractivity contribution in [3.8, 4) is 0 Å². The van der Waals surface area contributed by atoms with Gasteiger partial charge in [0.15, 0.2) is 5.78 Å². The van der Waals surface area contributed by atoms with Crippen LogP contribution in [0.15, 0.2) is 23.0 Å². The molecule has 0 atom stereocenters. The molecule has 2 heteroatoms. The number of hydrogen-bond acceptors (Lipinski definition) is 2. The standard InChI is InChI=1S/C9H12O2/c1-6-4-8(5-11-3)9(10)7(6)2/h5H,4H2,1-3H3/b8-5+. The van der Waals surface area contributed by atoms with Crippen molar-refractivity contribution < 1.29 is 9.53 Å². The van der Waals surface area contributed by atoms with Crippen LogP contribution in [0.3, 0.4) is 0 Å². The van der Waals surface area contributed by atoms with Crippen molar-refractivity contribution in [2.24, 2.45) is 0 Å². The second-order valence-corrected chi connectivity index (χ2v) is 2.79. The molecule has 1 aliphatic carbocycles. The molecule has 0 aliphatic heterocycles. The van der Waals surface area contributed by atoms with Crippen LogP contribution in [0.25, 0.3) is 0 Å². The second-order valence-electron chi connectivity index (χ2n) is 2.79. The summed E-state index contributed by atoms with van der Waals surface area (Å²) in [6, 6.07) is 0. The molecule has 0 N–H and O–H groups in total. The molecule has 60 valence electrons. The summed E-state index contributed by atoms with van der Waals surface area (Å²) < 4.78 is 4.78. The van der Waals surface area contributed by atoms with E-state index in [1.165, 1.54) is 6.26 Å². The Bertz CT molecular complexity index is 246. The summed E-state index contributed by atoms with van der Waals surface area (Å²) in [6.45, 7) is 3.83. The number of carbonyl (C=O) groups is 1. The highest BCUT2D eigenvalue weighted by Gasteiger charge is 2.21. The van der Waals surface area contributed by atoms with E-state index in [2.05, 4.69) is 0 Å². The summed E-state index contributed by atoms with van der Waals surface area (Å²) in [4.78, 5) is 11.3. The van der Waals surface area contributed by atoms with Gasteiger partial charge in [0.05, 0.1) is 13.4 Å². The molecule has 0 saturated heterocycles. The maximum Gasteiger partial charge on any atom is 0.188 e. The van der Waals surface area contributed by atoms with Crippen molar-refractivity contribution in [2.75, 3.05) is 7.11 Å². The van der Waals surface area contributed by atoms with Gasteiger partial charge in [-0.25, -0.2) is 0 Å². The molecule has 0 unspecified atom stereocenters. The molecule has 0 saturated carbocycles. The molecule has 0 bridgehead atoms. The number of ether oxygens (including phenoxy) is 1. The number of carbonyl (C=O) groups excluding carboxylic acids is 1. The lowest BCUT2D eigenvalue weighted by atomic mass is 10.2. The minimum atomic E-state index is 0.129. The van der Waals surface area contributed by atoms with Crippen molar-refractivity contribution in [3.05, 3.63) is 23.0 Å². The molecule has 0 aromatic heterocycles. The summed E-state index contributed by atoms with van der Waals surface area (Å²) in [5, 5.41) is 0. The summed E-state index contributed by atoms with van der Waals surface area (Å²) in [7, 11) is 1.56. The third-order valence-corrected chi connectivity index (χ3v) is 1.99. The summed E-state index contributed by atoms with van der Waals surface area (Å²) in [5.41, 5.74) is 2.79. The number of hydrogen-bond donors (Lipinski definition) is 0. The first-order valence-electron chi connectivity index (χ1n) is 3.59. The highest BCUT2D eigenvalue weighted by molar-refractivity contribution is 6.11. The lowest BCUT2D eigenvalue weighted by Crippen LogP contribution is -1.96. The molecule has 1 rings (SSSR count). The molecular weight excluding hydrogens is 140 g/mol. The van der Waals surface area contributed by atoms with Gasteiger partial charge in [-0.15, -0.1) is 0 Å². The van der Waals surface area contributed by atoms with Gasteiger partial charge in [0.1, 0.15) is 0 Å². The van der Waals surface area contributed by atoms with Gasteiger partial charge in [0.2, 0.25) is 0 Å². The fourth-order valence-electron chi connectivity index (χ4n) is 1.17. The fraction of sp³-hybridized carbons (Fsp3) is 0.444. The molecule has 2 nitrogen and oxygen atoms in total. The minimum Gasteiger partial charge on any atom is -0.504 e. The average molecular weight is 152 g/mol. The Morgan fingerprint density at radius 3 is 2.45 bits per heavy atom. The van der Waals surface area contributed by atoms with Gasteiger partial charge >= 0.3 is 0 Å². The van der Waals surface area contributed by atoms with Crippen LogP contribution < -0.4 is 0 Å². The second kappa shape index (κ2) is 2.91. The van der Waals surface area contributed by atoms with Crippen LogP contribution in [-0.2, 0) is 9.53 Å². The van der Waals surface area contributed by atoms with Gasteiger partial charge in [-0.1, -0.05) is 5.57 Å². The van der Waals surface area contributed by atoms with Crippen molar-refractivity contribution >= 4 is 5.78 Å². The van der Waals surface area contributed by atoms with Crippen LogP contribution in [0.1, 0.15) is 20.3 Å². The van der Waals surface area contributed by atoms with Crippen molar-refractivity contribution in [2.45, 2.75) is 20.3 Å². The summed E-state index contributed by atoms with van der Waals surface area (Å²) >= 11 is 0. The van der Waals surface area contributed by atoms with E-state index in [0.717, 1.165) is 23.1 Å². The third kappa shape index (κ3) is 1.34. The van der Waals surface area contributed by atoms with Gasteiger partial charge in [0, 0.05) is 12.0 Å². The molecule has 0 spiro atoms.